The Balaban J connectivity index is 1.46. The molecule has 6 rings (SSSR count). The Morgan fingerprint density at radius 1 is 1.00 bits per heavy atom. The Kier molecular flexibility index (Phi) is 6.21. The molecule has 0 amide bonds. The minimum absolute atomic E-state index is 0.0721. The van der Waals surface area contributed by atoms with Crippen LogP contribution in [0.25, 0.3) is 28.1 Å². The summed E-state index contributed by atoms with van der Waals surface area (Å²) in [7, 11) is -3.30. The Morgan fingerprint density at radius 2 is 1.84 bits per heavy atom. The van der Waals surface area contributed by atoms with Gasteiger partial charge in [0.05, 0.1) is 35.4 Å². The number of sulfone groups is 1. The van der Waals surface area contributed by atoms with Crippen LogP contribution in [-0.4, -0.2) is 71.6 Å². The van der Waals surface area contributed by atoms with E-state index in [4.69, 9.17) is 24.7 Å². The van der Waals surface area contributed by atoms with Crippen molar-refractivity contribution in [3.63, 3.8) is 0 Å². The van der Waals surface area contributed by atoms with Crippen molar-refractivity contribution in [3.8, 4) is 17.1 Å². The van der Waals surface area contributed by atoms with Gasteiger partial charge in [-0.15, -0.1) is 0 Å². The lowest BCUT2D eigenvalue weighted by Gasteiger charge is -2.34. The van der Waals surface area contributed by atoms with Gasteiger partial charge in [0, 0.05) is 25.6 Å². The van der Waals surface area contributed by atoms with Crippen LogP contribution in [0.3, 0.4) is 0 Å². The van der Waals surface area contributed by atoms with Crippen molar-refractivity contribution in [1.82, 2.24) is 24.5 Å². The third-order valence-electron chi connectivity index (χ3n) is 6.98. The Hall–Kier alpha value is -3.28. The quantitative estimate of drug-likeness (QED) is 0.392. The zero-order valence-corrected chi connectivity index (χ0v) is 21.8. The molecule has 2 fully saturated rings. The summed E-state index contributed by atoms with van der Waals surface area (Å²) in [5.41, 5.74) is 3.67. The van der Waals surface area contributed by atoms with E-state index in [1.54, 1.807) is 28.9 Å². The summed E-state index contributed by atoms with van der Waals surface area (Å²) in [6, 6.07) is 12.9. The van der Waals surface area contributed by atoms with Gasteiger partial charge in [0.15, 0.2) is 9.84 Å². The summed E-state index contributed by atoms with van der Waals surface area (Å²) in [6.45, 7) is 4.96. The van der Waals surface area contributed by atoms with Crippen LogP contribution in [0.1, 0.15) is 32.4 Å². The first kappa shape index (κ1) is 24.1. The Labute approximate surface area is 215 Å². The number of hydrogen-bond donors (Lipinski definition) is 0. The van der Waals surface area contributed by atoms with Gasteiger partial charge in [-0.05, 0) is 68.7 Å². The third-order valence-corrected chi connectivity index (χ3v) is 8.11. The number of ether oxygens (including phenoxy) is 2. The maximum absolute atomic E-state index is 12.0. The lowest BCUT2D eigenvalue weighted by molar-refractivity contribution is -0.0393. The molecule has 37 heavy (non-hydrogen) atoms. The summed E-state index contributed by atoms with van der Waals surface area (Å²) >= 11 is 0. The summed E-state index contributed by atoms with van der Waals surface area (Å²) in [5.74, 6) is 0.867. The highest BCUT2D eigenvalue weighted by Gasteiger charge is 2.24. The van der Waals surface area contributed by atoms with Crippen molar-refractivity contribution < 1.29 is 17.9 Å². The largest absolute Gasteiger partial charge is 0.377 e. The van der Waals surface area contributed by atoms with E-state index in [-0.39, 0.29) is 17.2 Å². The molecule has 0 bridgehead atoms. The van der Waals surface area contributed by atoms with Gasteiger partial charge in [0.1, 0.15) is 29.0 Å². The van der Waals surface area contributed by atoms with Crippen molar-refractivity contribution in [1.29, 1.82) is 0 Å². The van der Waals surface area contributed by atoms with Crippen LogP contribution in [0.4, 0.5) is 5.82 Å². The molecule has 3 aromatic heterocycles. The van der Waals surface area contributed by atoms with E-state index < -0.39 is 9.84 Å². The van der Waals surface area contributed by atoms with E-state index in [0.717, 1.165) is 55.0 Å². The maximum Gasteiger partial charge on any atom is 0.175 e. The zero-order valence-electron chi connectivity index (χ0n) is 20.9. The van der Waals surface area contributed by atoms with E-state index in [9.17, 15) is 8.42 Å². The van der Waals surface area contributed by atoms with Crippen LogP contribution in [0.5, 0.6) is 0 Å². The SMILES string of the molecule is C[C@@H]1COCCN1c1ccc2c(n1)c(-c1ccn(C3CCCCO3)n1)nn2-c1ccc(S(C)(=O)=O)cc1. The molecule has 2 aliphatic rings. The van der Waals surface area contributed by atoms with Gasteiger partial charge in [-0.25, -0.2) is 22.8 Å². The van der Waals surface area contributed by atoms with Crippen molar-refractivity contribution in [2.24, 2.45) is 0 Å². The smallest absolute Gasteiger partial charge is 0.175 e. The Bertz CT molecular complexity index is 1520. The van der Waals surface area contributed by atoms with Gasteiger partial charge >= 0.3 is 0 Å². The monoisotopic (exact) mass is 522 g/mol. The molecule has 0 spiro atoms. The van der Waals surface area contributed by atoms with Crippen LogP contribution >= 0.6 is 0 Å². The highest BCUT2D eigenvalue weighted by molar-refractivity contribution is 7.90. The third kappa shape index (κ3) is 4.62. The number of anilines is 1. The first-order valence-corrected chi connectivity index (χ1v) is 14.5. The summed E-state index contributed by atoms with van der Waals surface area (Å²) in [6.07, 6.45) is 6.18. The van der Waals surface area contributed by atoms with Crippen LogP contribution in [0, 0.1) is 0 Å². The van der Waals surface area contributed by atoms with E-state index in [0.29, 0.717) is 24.6 Å². The lowest BCUT2D eigenvalue weighted by atomic mass is 10.2. The molecule has 2 saturated heterocycles. The number of aromatic nitrogens is 5. The molecule has 4 aromatic rings. The fourth-order valence-electron chi connectivity index (χ4n) is 4.98. The number of fused-ring (bicyclic) bond motifs is 1. The molecule has 0 N–H and O–H groups in total. The van der Waals surface area contributed by atoms with Crippen LogP contribution in [0.2, 0.25) is 0 Å². The minimum atomic E-state index is -3.30. The second-order valence-corrected chi connectivity index (χ2v) is 11.7. The van der Waals surface area contributed by atoms with E-state index in [2.05, 4.69) is 11.8 Å². The van der Waals surface area contributed by atoms with Gasteiger partial charge in [-0.2, -0.15) is 10.2 Å². The van der Waals surface area contributed by atoms with Gasteiger partial charge in [-0.3, -0.25) is 0 Å². The van der Waals surface area contributed by atoms with Crippen molar-refractivity contribution >= 4 is 26.7 Å². The molecule has 0 aliphatic carbocycles. The standard InChI is InChI=1S/C26H30N6O4S/c1-18-17-35-16-14-30(18)23-11-10-22-26(27-23)25(21-12-13-31(28-21)24-5-3-4-15-36-24)29-32(22)19-6-8-20(9-7-19)37(2,33)34/h6-13,18,24H,3-5,14-17H2,1-2H3/t18-,24?/m1/s1. The molecular weight excluding hydrogens is 492 g/mol. The van der Waals surface area contributed by atoms with Gasteiger partial charge in [0.2, 0.25) is 0 Å². The number of pyridine rings is 1. The predicted octanol–water partition coefficient (Wildman–Crippen LogP) is 3.61. The second kappa shape index (κ2) is 9.55. The van der Waals surface area contributed by atoms with Crippen molar-refractivity contribution in [2.75, 3.05) is 37.5 Å². The van der Waals surface area contributed by atoms with Crippen LogP contribution in [-0.2, 0) is 19.3 Å². The number of benzene rings is 1. The average molecular weight is 523 g/mol. The molecule has 5 heterocycles. The Morgan fingerprint density at radius 3 is 2.57 bits per heavy atom. The molecule has 2 aliphatic heterocycles. The van der Waals surface area contributed by atoms with Gasteiger partial charge in [-0.1, -0.05) is 0 Å². The molecule has 0 saturated carbocycles. The van der Waals surface area contributed by atoms with E-state index in [1.165, 1.54) is 6.26 Å². The fourth-order valence-corrected chi connectivity index (χ4v) is 5.61. The molecule has 194 valence electrons. The van der Waals surface area contributed by atoms with Gasteiger partial charge < -0.3 is 14.4 Å². The fraction of sp³-hybridized carbons (Fsp3) is 0.423. The lowest BCUT2D eigenvalue weighted by Crippen LogP contribution is -2.44. The molecule has 2 atom stereocenters. The average Bonchev–Trinajstić information content (AvgIpc) is 3.54. The molecule has 0 radical (unpaired) electrons. The molecule has 11 heteroatoms. The number of nitrogens with zero attached hydrogens (tertiary/aromatic N) is 6. The molecule has 10 nitrogen and oxygen atoms in total. The van der Waals surface area contributed by atoms with Crippen LogP contribution < -0.4 is 4.90 Å². The topological polar surface area (TPSA) is 104 Å². The maximum atomic E-state index is 12.0. The first-order valence-electron chi connectivity index (χ1n) is 12.6. The highest BCUT2D eigenvalue weighted by Crippen LogP contribution is 2.32. The van der Waals surface area contributed by atoms with E-state index >= 15 is 0 Å². The number of rotatable bonds is 5. The number of hydrogen-bond acceptors (Lipinski definition) is 8. The predicted molar refractivity (Wildman–Crippen MR) is 140 cm³/mol. The van der Waals surface area contributed by atoms with Crippen molar-refractivity contribution in [2.45, 2.75) is 43.4 Å². The second-order valence-electron chi connectivity index (χ2n) is 9.68. The first-order chi connectivity index (χ1) is 17.9. The zero-order chi connectivity index (χ0) is 25.6. The molecule has 1 aromatic carbocycles. The van der Waals surface area contributed by atoms with Gasteiger partial charge in [0.25, 0.3) is 0 Å². The minimum Gasteiger partial charge on any atom is -0.377 e. The summed E-state index contributed by atoms with van der Waals surface area (Å²) in [4.78, 5) is 7.58. The van der Waals surface area contributed by atoms with Crippen LogP contribution in [0.15, 0.2) is 53.6 Å². The normalized spacial score (nSPS) is 21.0. The van der Waals surface area contributed by atoms with E-state index in [1.807, 2.05) is 29.1 Å². The molecule has 1 unspecified atom stereocenters. The summed E-state index contributed by atoms with van der Waals surface area (Å²) in [5, 5.41) is 9.76. The molecular formula is C26H30N6O4S. The van der Waals surface area contributed by atoms with Crippen molar-refractivity contribution in [3.05, 3.63) is 48.7 Å². The number of morpholine rings is 1. The summed E-state index contributed by atoms with van der Waals surface area (Å²) < 4.78 is 39.1. The highest BCUT2D eigenvalue weighted by atomic mass is 32.2.